The minimum atomic E-state index is -0.541. The summed E-state index contributed by atoms with van der Waals surface area (Å²) >= 11 is 0. The lowest BCUT2D eigenvalue weighted by molar-refractivity contribution is 0.00782. The van der Waals surface area contributed by atoms with Crippen LogP contribution in [0.2, 0.25) is 0 Å². The molecule has 0 bridgehead atoms. The molecule has 0 spiro atoms. The fourth-order valence-corrected chi connectivity index (χ4v) is 2.59. The van der Waals surface area contributed by atoms with Crippen molar-refractivity contribution in [1.82, 2.24) is 4.90 Å². The van der Waals surface area contributed by atoms with Gasteiger partial charge < -0.3 is 19.9 Å². The molecular weight excluding hydrogens is 284 g/mol. The molecule has 1 atom stereocenters. The Morgan fingerprint density at radius 1 is 1.36 bits per heavy atom. The first-order valence-electron chi connectivity index (χ1n) is 7.21. The minimum Gasteiger partial charge on any atom is -0.495 e. The van der Waals surface area contributed by atoms with Crippen LogP contribution in [0.3, 0.4) is 0 Å². The summed E-state index contributed by atoms with van der Waals surface area (Å²) < 4.78 is 16.0. The van der Waals surface area contributed by atoms with Gasteiger partial charge in [0.1, 0.15) is 11.4 Å². The van der Waals surface area contributed by atoms with Gasteiger partial charge in [-0.3, -0.25) is 4.90 Å². The Labute approximate surface area is 131 Å². The number of benzene rings is 1. The van der Waals surface area contributed by atoms with E-state index >= 15 is 0 Å². The monoisotopic (exact) mass is 308 g/mol. The van der Waals surface area contributed by atoms with Gasteiger partial charge in [0, 0.05) is 7.11 Å². The number of nitrogens with zero attached hydrogens (tertiary/aromatic N) is 1. The quantitative estimate of drug-likeness (QED) is 0.869. The maximum atomic E-state index is 12.4. The molecule has 0 aliphatic carbocycles. The molecule has 2 rings (SSSR count). The maximum absolute atomic E-state index is 12.4. The molecule has 22 heavy (non-hydrogen) atoms. The normalized spacial score (nSPS) is 17.3. The summed E-state index contributed by atoms with van der Waals surface area (Å²) in [6.07, 6.45) is -0.358. The summed E-state index contributed by atoms with van der Waals surface area (Å²) in [7, 11) is 3.18. The van der Waals surface area contributed by atoms with Gasteiger partial charge in [0.05, 0.1) is 32.0 Å². The Bertz CT molecular complexity index is 566. The minimum absolute atomic E-state index is 0.206. The fraction of sp³-hybridized carbons (Fsp3) is 0.562. The number of methoxy groups -OCH3 is 2. The number of fused-ring (bicyclic) bond motifs is 1. The Balaban J connectivity index is 2.32. The van der Waals surface area contributed by atoms with Crippen molar-refractivity contribution in [1.29, 1.82) is 0 Å². The molecule has 0 saturated heterocycles. The van der Waals surface area contributed by atoms with Crippen LogP contribution < -0.4 is 10.5 Å². The highest BCUT2D eigenvalue weighted by atomic mass is 16.6. The first-order chi connectivity index (χ1) is 10.3. The number of rotatable bonds is 3. The maximum Gasteiger partial charge on any atom is 0.411 e. The van der Waals surface area contributed by atoms with Crippen molar-refractivity contribution in [2.24, 2.45) is 0 Å². The molecule has 0 saturated carbocycles. The highest BCUT2D eigenvalue weighted by Gasteiger charge is 2.36. The van der Waals surface area contributed by atoms with Gasteiger partial charge in [-0.15, -0.1) is 0 Å². The standard InChI is InChI=1S/C16H24N2O4/c1-16(2,3)22-15(19)18-8-10-6-14(21-5)12(17)7-11(10)13(18)9-20-4/h6-7,13H,8-9,17H2,1-5H3. The molecule has 0 radical (unpaired) electrons. The number of nitrogen functional groups attached to an aromatic ring is 1. The van der Waals surface area contributed by atoms with E-state index < -0.39 is 5.60 Å². The van der Waals surface area contributed by atoms with E-state index in [1.807, 2.05) is 32.9 Å². The lowest BCUT2D eigenvalue weighted by Crippen LogP contribution is -2.37. The third-order valence-corrected chi connectivity index (χ3v) is 3.52. The van der Waals surface area contributed by atoms with E-state index in [9.17, 15) is 4.79 Å². The molecule has 1 amide bonds. The number of hydrogen-bond donors (Lipinski definition) is 1. The molecule has 0 fully saturated rings. The highest BCUT2D eigenvalue weighted by Crippen LogP contribution is 2.39. The van der Waals surface area contributed by atoms with Crippen LogP contribution in [0.1, 0.15) is 37.9 Å². The Kier molecular flexibility index (Phi) is 4.51. The molecule has 1 aliphatic rings. The number of nitrogens with two attached hydrogens (primary N) is 1. The summed E-state index contributed by atoms with van der Waals surface area (Å²) in [4.78, 5) is 14.1. The second-order valence-electron chi connectivity index (χ2n) is 6.37. The van der Waals surface area contributed by atoms with Crippen LogP contribution in [0.4, 0.5) is 10.5 Å². The van der Waals surface area contributed by atoms with Gasteiger partial charge in [-0.05, 0) is 44.0 Å². The van der Waals surface area contributed by atoms with Crippen molar-refractivity contribution >= 4 is 11.8 Å². The first kappa shape index (κ1) is 16.4. The fourth-order valence-electron chi connectivity index (χ4n) is 2.59. The van der Waals surface area contributed by atoms with Crippen LogP contribution in [-0.4, -0.2) is 37.4 Å². The zero-order valence-electron chi connectivity index (χ0n) is 13.8. The zero-order valence-corrected chi connectivity index (χ0v) is 13.8. The SMILES string of the molecule is COCC1c2cc(N)c(OC)cc2CN1C(=O)OC(C)(C)C. The van der Waals surface area contributed by atoms with E-state index in [1.165, 1.54) is 0 Å². The van der Waals surface area contributed by atoms with Crippen molar-refractivity contribution in [2.45, 2.75) is 39.0 Å². The molecule has 1 unspecified atom stereocenters. The van der Waals surface area contributed by atoms with Crippen molar-refractivity contribution in [3.63, 3.8) is 0 Å². The second-order valence-corrected chi connectivity index (χ2v) is 6.37. The largest absolute Gasteiger partial charge is 0.495 e. The number of carbonyl (C=O) groups is 1. The van der Waals surface area contributed by atoms with Gasteiger partial charge in [0.25, 0.3) is 0 Å². The molecular formula is C16H24N2O4. The Morgan fingerprint density at radius 3 is 2.59 bits per heavy atom. The van der Waals surface area contributed by atoms with Gasteiger partial charge >= 0.3 is 6.09 Å². The molecule has 1 heterocycles. The van der Waals surface area contributed by atoms with Crippen LogP contribution >= 0.6 is 0 Å². The summed E-state index contributed by atoms with van der Waals surface area (Å²) in [5.41, 5.74) is 7.97. The average molecular weight is 308 g/mol. The number of amides is 1. The summed E-state index contributed by atoms with van der Waals surface area (Å²) in [6, 6.07) is 3.52. The molecule has 1 aromatic rings. The third-order valence-electron chi connectivity index (χ3n) is 3.52. The van der Waals surface area contributed by atoms with Crippen LogP contribution in [-0.2, 0) is 16.0 Å². The van der Waals surface area contributed by atoms with Gasteiger partial charge in [-0.2, -0.15) is 0 Å². The summed E-state index contributed by atoms with van der Waals surface area (Å²) in [6.45, 7) is 6.38. The predicted octanol–water partition coefficient (Wildman–Crippen LogP) is 2.72. The van der Waals surface area contributed by atoms with Gasteiger partial charge in [-0.25, -0.2) is 4.79 Å². The summed E-state index contributed by atoms with van der Waals surface area (Å²) in [5.74, 6) is 0.612. The van der Waals surface area contributed by atoms with Crippen molar-refractivity contribution in [3.05, 3.63) is 23.3 Å². The molecule has 1 aliphatic heterocycles. The van der Waals surface area contributed by atoms with Crippen molar-refractivity contribution in [3.8, 4) is 5.75 Å². The summed E-state index contributed by atoms with van der Waals surface area (Å²) in [5, 5.41) is 0. The van der Waals surface area contributed by atoms with Crippen molar-refractivity contribution in [2.75, 3.05) is 26.6 Å². The second kappa shape index (κ2) is 6.04. The van der Waals surface area contributed by atoms with E-state index in [0.29, 0.717) is 24.6 Å². The zero-order chi connectivity index (χ0) is 16.5. The third kappa shape index (κ3) is 3.27. The molecule has 6 nitrogen and oxygen atoms in total. The number of hydrogen-bond acceptors (Lipinski definition) is 5. The average Bonchev–Trinajstić information content (AvgIpc) is 2.75. The van der Waals surface area contributed by atoms with Gasteiger partial charge in [0.15, 0.2) is 0 Å². The topological polar surface area (TPSA) is 74.0 Å². The van der Waals surface area contributed by atoms with E-state index in [-0.39, 0.29) is 12.1 Å². The Hall–Kier alpha value is -1.95. The molecule has 0 aromatic heterocycles. The van der Waals surface area contributed by atoms with Crippen LogP contribution in [0.5, 0.6) is 5.75 Å². The Morgan fingerprint density at radius 2 is 2.05 bits per heavy atom. The number of ether oxygens (including phenoxy) is 3. The predicted molar refractivity (Wildman–Crippen MR) is 83.8 cm³/mol. The van der Waals surface area contributed by atoms with E-state index in [0.717, 1.165) is 11.1 Å². The van der Waals surface area contributed by atoms with Gasteiger partial charge in [-0.1, -0.05) is 0 Å². The van der Waals surface area contributed by atoms with Gasteiger partial charge in [0.2, 0.25) is 0 Å². The highest BCUT2D eigenvalue weighted by molar-refractivity contribution is 5.71. The lowest BCUT2D eigenvalue weighted by atomic mass is 10.0. The first-order valence-corrected chi connectivity index (χ1v) is 7.21. The van der Waals surface area contributed by atoms with E-state index in [4.69, 9.17) is 19.9 Å². The number of carbonyl (C=O) groups excluding carboxylic acids is 1. The van der Waals surface area contributed by atoms with Crippen LogP contribution in [0, 0.1) is 0 Å². The lowest BCUT2D eigenvalue weighted by Gasteiger charge is -2.28. The van der Waals surface area contributed by atoms with Crippen LogP contribution in [0.25, 0.3) is 0 Å². The van der Waals surface area contributed by atoms with Crippen LogP contribution in [0.15, 0.2) is 12.1 Å². The molecule has 1 aromatic carbocycles. The number of anilines is 1. The van der Waals surface area contributed by atoms with E-state index in [1.54, 1.807) is 19.1 Å². The molecule has 2 N–H and O–H groups in total. The molecule has 6 heteroatoms. The van der Waals surface area contributed by atoms with E-state index in [2.05, 4.69) is 0 Å². The smallest absolute Gasteiger partial charge is 0.411 e. The molecule has 122 valence electrons. The van der Waals surface area contributed by atoms with Crippen molar-refractivity contribution < 1.29 is 19.0 Å².